The second kappa shape index (κ2) is 8.75. The zero-order valence-electron chi connectivity index (χ0n) is 16.2. The Bertz CT molecular complexity index is 1080. The molecular weight excluding hydrogens is 432 g/mol. The van der Waals surface area contributed by atoms with Crippen molar-refractivity contribution in [3.05, 3.63) is 57.7 Å². The summed E-state index contributed by atoms with van der Waals surface area (Å²) in [7, 11) is 1.60. The minimum atomic E-state index is -0.583. The van der Waals surface area contributed by atoms with Crippen LogP contribution in [0.1, 0.15) is 11.4 Å². The van der Waals surface area contributed by atoms with Crippen LogP contribution >= 0.6 is 23.2 Å². The number of fused-ring (bicyclic) bond motifs is 1. The molecule has 7 nitrogen and oxygen atoms in total. The number of hydrogen-bond acceptors (Lipinski definition) is 4. The number of rotatable bonds is 7. The van der Waals surface area contributed by atoms with Gasteiger partial charge in [0.2, 0.25) is 5.95 Å². The van der Waals surface area contributed by atoms with Gasteiger partial charge in [0.05, 0.1) is 19.2 Å². The summed E-state index contributed by atoms with van der Waals surface area (Å²) in [6.45, 7) is 1.67. The number of amides is 2. The maximum atomic E-state index is 13.3. The molecular formula is C20H20Cl2FN5O2. The summed E-state index contributed by atoms with van der Waals surface area (Å²) in [5.74, 6) is -0.0334. The fourth-order valence-corrected chi connectivity index (χ4v) is 4.15. The van der Waals surface area contributed by atoms with Crippen LogP contribution in [0.25, 0.3) is 11.2 Å². The number of carbonyl (C=O) groups excluding carboxylic acids is 1. The number of nitrogens with one attached hydrogen (secondary N) is 1. The lowest BCUT2D eigenvalue weighted by Crippen LogP contribution is -2.38. The molecule has 0 spiro atoms. The van der Waals surface area contributed by atoms with E-state index in [0.29, 0.717) is 53.2 Å². The number of H-pyrrole nitrogens is 1. The summed E-state index contributed by atoms with van der Waals surface area (Å²) in [5, 5.41) is 1.14. The number of benzene rings is 1. The molecule has 4 rings (SSSR count). The number of aromatic nitrogens is 3. The molecule has 1 aromatic carbocycles. The highest BCUT2D eigenvalue weighted by Gasteiger charge is 2.37. The fourth-order valence-electron chi connectivity index (χ4n) is 3.66. The van der Waals surface area contributed by atoms with Crippen LogP contribution < -0.4 is 0 Å². The first-order valence-corrected chi connectivity index (χ1v) is 10.2. The number of nitrogens with zero attached hydrogens (tertiary/aromatic N) is 4. The van der Waals surface area contributed by atoms with Crippen molar-refractivity contribution in [1.29, 1.82) is 0 Å². The van der Waals surface area contributed by atoms with Crippen LogP contribution in [0, 0.1) is 5.95 Å². The third-order valence-electron chi connectivity index (χ3n) is 5.09. The number of urea groups is 1. The van der Waals surface area contributed by atoms with Gasteiger partial charge < -0.3 is 19.5 Å². The highest BCUT2D eigenvalue weighted by Crippen LogP contribution is 2.27. The summed E-state index contributed by atoms with van der Waals surface area (Å²) in [6.07, 6.45) is 0.592. The van der Waals surface area contributed by atoms with E-state index in [-0.39, 0.29) is 18.6 Å². The molecule has 10 heteroatoms. The minimum Gasteiger partial charge on any atom is -0.383 e. The van der Waals surface area contributed by atoms with Crippen molar-refractivity contribution < 1.29 is 13.9 Å². The zero-order valence-corrected chi connectivity index (χ0v) is 17.8. The van der Waals surface area contributed by atoms with E-state index in [1.807, 2.05) is 6.07 Å². The van der Waals surface area contributed by atoms with Gasteiger partial charge in [0.15, 0.2) is 5.65 Å². The molecule has 0 saturated carbocycles. The fraction of sp³-hybridized carbons (Fsp3) is 0.350. The third kappa shape index (κ3) is 4.35. The molecule has 1 saturated heterocycles. The van der Waals surface area contributed by atoms with Gasteiger partial charge >= 0.3 is 6.03 Å². The Hall–Kier alpha value is -2.42. The highest BCUT2D eigenvalue weighted by molar-refractivity contribution is 6.35. The van der Waals surface area contributed by atoms with E-state index in [0.717, 1.165) is 5.56 Å². The van der Waals surface area contributed by atoms with E-state index in [2.05, 4.69) is 15.0 Å². The van der Waals surface area contributed by atoms with Gasteiger partial charge in [0.25, 0.3) is 0 Å². The normalized spacial score (nSPS) is 16.8. The molecule has 1 atom stereocenters. The number of carbonyl (C=O) groups is 1. The van der Waals surface area contributed by atoms with E-state index >= 15 is 0 Å². The lowest BCUT2D eigenvalue weighted by Gasteiger charge is -2.23. The first-order valence-electron chi connectivity index (χ1n) is 9.44. The Balaban J connectivity index is 1.53. The standard InChI is InChI=1S/C20H20Cl2FN5O2/c1-30-7-6-28-14(8-12-2-3-13(21)9-15(12)22)10-27(20(28)29)11-18-24-16-4-5-17(23)25-19(16)26-18/h2-5,9,14H,6-8,10-11H2,1H3,(H,24,25,26). The largest absolute Gasteiger partial charge is 0.383 e. The number of imidazole rings is 1. The van der Waals surface area contributed by atoms with Crippen molar-refractivity contribution >= 4 is 40.4 Å². The molecule has 3 heterocycles. The van der Waals surface area contributed by atoms with Gasteiger partial charge in [-0.15, -0.1) is 0 Å². The van der Waals surface area contributed by atoms with Crippen LogP contribution in [0.15, 0.2) is 30.3 Å². The molecule has 0 bridgehead atoms. The maximum absolute atomic E-state index is 13.3. The third-order valence-corrected chi connectivity index (χ3v) is 5.68. The van der Waals surface area contributed by atoms with Gasteiger partial charge in [-0.2, -0.15) is 9.37 Å². The van der Waals surface area contributed by atoms with Crippen molar-refractivity contribution in [2.75, 3.05) is 26.8 Å². The molecule has 1 aliphatic rings. The number of hydrogen-bond donors (Lipinski definition) is 1. The van der Waals surface area contributed by atoms with Crippen LogP contribution in [-0.2, 0) is 17.7 Å². The Morgan fingerprint density at radius 3 is 2.87 bits per heavy atom. The van der Waals surface area contributed by atoms with Crippen LogP contribution in [0.3, 0.4) is 0 Å². The van der Waals surface area contributed by atoms with Crippen molar-refractivity contribution in [1.82, 2.24) is 24.8 Å². The molecule has 0 aliphatic carbocycles. The number of halogens is 3. The lowest BCUT2D eigenvalue weighted by atomic mass is 10.1. The van der Waals surface area contributed by atoms with E-state index < -0.39 is 5.95 Å². The van der Waals surface area contributed by atoms with Crippen molar-refractivity contribution in [3.8, 4) is 0 Å². The summed E-state index contributed by atoms with van der Waals surface area (Å²) >= 11 is 12.3. The molecule has 1 N–H and O–H groups in total. The number of pyridine rings is 1. The Morgan fingerprint density at radius 2 is 2.10 bits per heavy atom. The second-order valence-corrected chi connectivity index (χ2v) is 7.97. The zero-order chi connectivity index (χ0) is 21.3. The van der Waals surface area contributed by atoms with Crippen LogP contribution in [-0.4, -0.2) is 63.6 Å². The SMILES string of the molecule is COCCN1C(=O)N(Cc2nc3ccc(F)nc3[nH]2)CC1Cc1ccc(Cl)cc1Cl. The average molecular weight is 452 g/mol. The molecule has 1 unspecified atom stereocenters. The van der Waals surface area contributed by atoms with E-state index in [1.165, 1.54) is 6.07 Å². The van der Waals surface area contributed by atoms with E-state index in [1.54, 1.807) is 35.1 Å². The van der Waals surface area contributed by atoms with Gasteiger partial charge in [-0.05, 0) is 36.2 Å². The van der Waals surface area contributed by atoms with Gasteiger partial charge in [-0.3, -0.25) is 0 Å². The number of ether oxygens (including phenoxy) is 1. The topological polar surface area (TPSA) is 74.3 Å². The highest BCUT2D eigenvalue weighted by atomic mass is 35.5. The van der Waals surface area contributed by atoms with Crippen molar-refractivity contribution in [3.63, 3.8) is 0 Å². The Kier molecular flexibility index (Phi) is 6.08. The summed E-state index contributed by atoms with van der Waals surface area (Å²) in [4.78, 5) is 27.7. The Morgan fingerprint density at radius 1 is 1.27 bits per heavy atom. The molecule has 3 aromatic rings. The molecule has 2 amide bonds. The van der Waals surface area contributed by atoms with Crippen molar-refractivity contribution in [2.24, 2.45) is 0 Å². The van der Waals surface area contributed by atoms with Gasteiger partial charge in [-0.25, -0.2) is 9.78 Å². The summed E-state index contributed by atoms with van der Waals surface area (Å²) in [5.41, 5.74) is 1.84. The molecule has 0 radical (unpaired) electrons. The minimum absolute atomic E-state index is 0.0775. The van der Waals surface area contributed by atoms with E-state index in [4.69, 9.17) is 27.9 Å². The van der Waals surface area contributed by atoms with Gasteiger partial charge in [0.1, 0.15) is 11.3 Å². The lowest BCUT2D eigenvalue weighted by molar-refractivity contribution is 0.143. The quantitative estimate of drug-likeness (QED) is 0.552. The monoisotopic (exact) mass is 451 g/mol. The maximum Gasteiger partial charge on any atom is 0.320 e. The smallest absolute Gasteiger partial charge is 0.320 e. The average Bonchev–Trinajstić information content (AvgIpc) is 3.23. The molecule has 2 aromatic heterocycles. The van der Waals surface area contributed by atoms with Gasteiger partial charge in [0, 0.05) is 30.2 Å². The summed E-state index contributed by atoms with van der Waals surface area (Å²) < 4.78 is 18.5. The molecule has 1 fully saturated rings. The molecule has 158 valence electrons. The molecule has 30 heavy (non-hydrogen) atoms. The number of aromatic amines is 1. The first kappa shape index (κ1) is 20.8. The van der Waals surface area contributed by atoms with E-state index in [9.17, 15) is 9.18 Å². The van der Waals surface area contributed by atoms with Crippen LogP contribution in [0.5, 0.6) is 0 Å². The van der Waals surface area contributed by atoms with Crippen molar-refractivity contribution in [2.45, 2.75) is 19.0 Å². The predicted molar refractivity (Wildman–Crippen MR) is 112 cm³/mol. The Labute approximate surface area is 182 Å². The second-order valence-electron chi connectivity index (χ2n) is 7.13. The predicted octanol–water partition coefficient (Wildman–Crippen LogP) is 3.90. The van der Waals surface area contributed by atoms with Crippen LogP contribution in [0.4, 0.5) is 9.18 Å². The number of methoxy groups -OCH3 is 1. The first-order chi connectivity index (χ1) is 14.4. The molecule has 1 aliphatic heterocycles. The van der Waals surface area contributed by atoms with Crippen LogP contribution in [0.2, 0.25) is 10.0 Å². The summed E-state index contributed by atoms with van der Waals surface area (Å²) in [6, 6.07) is 8.00. The van der Waals surface area contributed by atoms with Gasteiger partial charge in [-0.1, -0.05) is 29.3 Å².